The molecule has 202 valence electrons. The summed E-state index contributed by atoms with van der Waals surface area (Å²) >= 11 is 12.7. The second-order valence-electron chi connectivity index (χ2n) is 8.50. The van der Waals surface area contributed by atoms with Crippen LogP contribution in [0.1, 0.15) is 58.1 Å². The number of anilines is 1. The van der Waals surface area contributed by atoms with Crippen LogP contribution in [0.5, 0.6) is 5.75 Å². The summed E-state index contributed by atoms with van der Waals surface area (Å²) in [7, 11) is 1.70. The summed E-state index contributed by atoms with van der Waals surface area (Å²) in [6.45, 7) is 15.1. The molecular formula is C27H44Cl2N6O. The Kier molecular flexibility index (Phi) is 17.0. The molecular weight excluding hydrogens is 495 g/mol. The smallest absolute Gasteiger partial charge is 0.118 e. The van der Waals surface area contributed by atoms with E-state index in [1.165, 1.54) is 31.2 Å². The summed E-state index contributed by atoms with van der Waals surface area (Å²) in [5.41, 5.74) is 2.20. The first-order valence-electron chi connectivity index (χ1n) is 12.8. The molecule has 9 heteroatoms. The molecule has 2 heterocycles. The van der Waals surface area contributed by atoms with Crippen molar-refractivity contribution in [3.8, 4) is 5.75 Å². The highest BCUT2D eigenvalue weighted by Gasteiger charge is 2.26. The summed E-state index contributed by atoms with van der Waals surface area (Å²) in [5, 5.41) is 7.61. The Morgan fingerprint density at radius 3 is 2.06 bits per heavy atom. The molecule has 7 nitrogen and oxygen atoms in total. The van der Waals surface area contributed by atoms with Gasteiger partial charge in [-0.2, -0.15) is 5.10 Å². The Bertz CT molecular complexity index is 822. The highest BCUT2D eigenvalue weighted by Crippen LogP contribution is 2.34. The zero-order chi connectivity index (χ0) is 26.8. The summed E-state index contributed by atoms with van der Waals surface area (Å²) < 4.78 is 5.33. The molecule has 1 aliphatic rings. The standard InChI is InChI=1S/C22H30Cl2N4O.C4H10.CH4N2/c1-3-4-9-25-16-21(17-5-7-18(29-2)8-6-17)27-10-12-28(13-11-27)22-19(23)14-26-15-20(22)24;1-3-4-2;1-3-2/h5-8,14-15,21,25H,3-4,9-13,16H2,1-2H3;3-4H2,1-2H3;1-2H2. The predicted octanol–water partition coefficient (Wildman–Crippen LogP) is 6.02. The number of pyridine rings is 1. The SMILES string of the molecule is C=NN.CCCC.CCCCNCC(c1ccc(OC)cc1)N1CCN(c2c(Cl)cncc2Cl)CC1. The molecule has 0 radical (unpaired) electrons. The highest BCUT2D eigenvalue weighted by molar-refractivity contribution is 6.38. The third-order valence-electron chi connectivity index (χ3n) is 5.94. The monoisotopic (exact) mass is 538 g/mol. The van der Waals surface area contributed by atoms with Crippen LogP contribution >= 0.6 is 23.2 Å². The number of aromatic nitrogens is 1. The van der Waals surface area contributed by atoms with E-state index in [4.69, 9.17) is 27.9 Å². The van der Waals surface area contributed by atoms with E-state index in [0.29, 0.717) is 16.1 Å². The van der Waals surface area contributed by atoms with Crippen LogP contribution in [-0.2, 0) is 0 Å². The molecule has 1 aromatic heterocycles. The summed E-state index contributed by atoms with van der Waals surface area (Å²) in [5.74, 6) is 5.25. The quantitative estimate of drug-likeness (QED) is 0.167. The molecule has 2 aromatic rings. The van der Waals surface area contributed by atoms with Crippen molar-refractivity contribution in [3.05, 3.63) is 52.3 Å². The number of hydrogen-bond donors (Lipinski definition) is 2. The normalized spacial score (nSPS) is 14.1. The lowest BCUT2D eigenvalue weighted by Gasteiger charge is -2.41. The molecule has 1 saturated heterocycles. The van der Waals surface area contributed by atoms with Crippen LogP contribution in [0.15, 0.2) is 41.8 Å². The number of hydrazone groups is 1. The molecule has 1 aromatic carbocycles. The number of halogens is 2. The fraction of sp³-hybridized carbons (Fsp3) is 0.556. The minimum atomic E-state index is 0.322. The zero-order valence-electron chi connectivity index (χ0n) is 22.4. The van der Waals surface area contributed by atoms with Gasteiger partial charge in [0.1, 0.15) is 5.75 Å². The maximum absolute atomic E-state index is 6.36. The van der Waals surface area contributed by atoms with Gasteiger partial charge in [0.25, 0.3) is 0 Å². The van der Waals surface area contributed by atoms with Crippen LogP contribution in [-0.4, -0.2) is 63.0 Å². The third kappa shape index (κ3) is 10.9. The molecule has 1 fully saturated rings. The van der Waals surface area contributed by atoms with Gasteiger partial charge in [0.2, 0.25) is 0 Å². The Labute approximate surface area is 228 Å². The van der Waals surface area contributed by atoms with E-state index in [-0.39, 0.29) is 0 Å². The van der Waals surface area contributed by atoms with E-state index >= 15 is 0 Å². The largest absolute Gasteiger partial charge is 0.497 e. The molecule has 36 heavy (non-hydrogen) atoms. The Morgan fingerprint density at radius 2 is 1.58 bits per heavy atom. The predicted molar refractivity (Wildman–Crippen MR) is 156 cm³/mol. The van der Waals surface area contributed by atoms with Crippen molar-refractivity contribution >= 4 is 35.6 Å². The second kappa shape index (κ2) is 19.1. The van der Waals surface area contributed by atoms with Gasteiger partial charge >= 0.3 is 0 Å². The fourth-order valence-electron chi connectivity index (χ4n) is 3.79. The first-order valence-corrected chi connectivity index (χ1v) is 13.5. The molecule has 0 spiro atoms. The number of hydrogen-bond acceptors (Lipinski definition) is 7. The van der Waals surface area contributed by atoms with E-state index < -0.39 is 0 Å². The molecule has 0 amide bonds. The van der Waals surface area contributed by atoms with E-state index in [1.807, 2.05) is 12.1 Å². The lowest BCUT2D eigenvalue weighted by atomic mass is 10.0. The van der Waals surface area contributed by atoms with Crippen LogP contribution in [0.2, 0.25) is 10.0 Å². The number of rotatable bonds is 10. The number of methoxy groups -OCH3 is 1. The van der Waals surface area contributed by atoms with E-state index in [9.17, 15) is 0 Å². The van der Waals surface area contributed by atoms with Crippen LogP contribution < -0.4 is 20.8 Å². The summed E-state index contributed by atoms with van der Waals surface area (Å²) in [4.78, 5) is 8.87. The number of nitrogens with two attached hydrogens (primary N) is 1. The van der Waals surface area contributed by atoms with Gasteiger partial charge < -0.3 is 20.8 Å². The van der Waals surface area contributed by atoms with Gasteiger partial charge in [0, 0.05) is 57.9 Å². The first-order chi connectivity index (χ1) is 17.5. The van der Waals surface area contributed by atoms with Gasteiger partial charge in [-0.1, -0.05) is 75.4 Å². The van der Waals surface area contributed by atoms with Crippen molar-refractivity contribution in [1.29, 1.82) is 0 Å². The highest BCUT2D eigenvalue weighted by atomic mass is 35.5. The van der Waals surface area contributed by atoms with Crippen LogP contribution in [0.4, 0.5) is 5.69 Å². The Hall–Kier alpha value is -2.06. The maximum atomic E-state index is 6.36. The van der Waals surface area contributed by atoms with Crippen molar-refractivity contribution in [2.45, 2.75) is 52.5 Å². The van der Waals surface area contributed by atoms with E-state index in [1.54, 1.807) is 19.5 Å². The molecule has 3 N–H and O–H groups in total. The molecule has 1 atom stereocenters. The topological polar surface area (TPSA) is 79.0 Å². The number of nitrogens with one attached hydrogen (secondary N) is 1. The van der Waals surface area contributed by atoms with Gasteiger partial charge in [-0.15, -0.1) is 0 Å². The molecule has 0 bridgehead atoms. The van der Waals surface area contributed by atoms with Crippen LogP contribution in [0, 0.1) is 0 Å². The van der Waals surface area contributed by atoms with Crippen molar-refractivity contribution in [2.75, 3.05) is 51.3 Å². The number of ether oxygens (including phenoxy) is 1. The van der Waals surface area contributed by atoms with Gasteiger partial charge in [-0.25, -0.2) is 0 Å². The molecule has 3 rings (SSSR count). The van der Waals surface area contributed by atoms with E-state index in [0.717, 1.165) is 50.7 Å². The summed E-state index contributed by atoms with van der Waals surface area (Å²) in [6.07, 6.45) is 8.36. The first kappa shape index (κ1) is 32.0. The minimum Gasteiger partial charge on any atom is -0.497 e. The van der Waals surface area contributed by atoms with Gasteiger partial charge in [-0.05, 0) is 30.7 Å². The third-order valence-corrected chi connectivity index (χ3v) is 6.50. The fourth-order valence-corrected chi connectivity index (χ4v) is 4.39. The number of benzene rings is 1. The Balaban J connectivity index is 0.000000825. The van der Waals surface area contributed by atoms with E-state index in [2.05, 4.69) is 70.7 Å². The zero-order valence-corrected chi connectivity index (χ0v) is 23.9. The van der Waals surface area contributed by atoms with Gasteiger partial charge in [-0.3, -0.25) is 9.88 Å². The van der Waals surface area contributed by atoms with Crippen molar-refractivity contribution in [3.63, 3.8) is 0 Å². The second-order valence-corrected chi connectivity index (χ2v) is 9.32. The molecule has 1 unspecified atom stereocenters. The Morgan fingerprint density at radius 1 is 1.03 bits per heavy atom. The average Bonchev–Trinajstić information content (AvgIpc) is 2.90. The summed E-state index contributed by atoms with van der Waals surface area (Å²) in [6, 6.07) is 8.76. The average molecular weight is 540 g/mol. The maximum Gasteiger partial charge on any atom is 0.118 e. The molecule has 0 saturated carbocycles. The molecule has 0 aliphatic carbocycles. The van der Waals surface area contributed by atoms with Gasteiger partial charge in [0.05, 0.1) is 22.8 Å². The lowest BCUT2D eigenvalue weighted by Crippen LogP contribution is -2.49. The number of nitrogens with zero attached hydrogens (tertiary/aromatic N) is 4. The number of piperazine rings is 1. The van der Waals surface area contributed by atoms with Crippen LogP contribution in [0.25, 0.3) is 0 Å². The van der Waals surface area contributed by atoms with Crippen molar-refractivity contribution in [2.24, 2.45) is 10.9 Å². The van der Waals surface area contributed by atoms with Crippen molar-refractivity contribution < 1.29 is 4.74 Å². The molecule has 1 aliphatic heterocycles. The van der Waals surface area contributed by atoms with Crippen LogP contribution in [0.3, 0.4) is 0 Å². The van der Waals surface area contributed by atoms with Crippen molar-refractivity contribution in [1.82, 2.24) is 15.2 Å². The number of unbranched alkanes of at least 4 members (excludes halogenated alkanes) is 2. The lowest BCUT2D eigenvalue weighted by molar-refractivity contribution is 0.182. The minimum absolute atomic E-state index is 0.322. The van der Waals surface area contributed by atoms with Gasteiger partial charge in [0.15, 0.2) is 0 Å².